The molecule has 0 fully saturated rings. The zero-order chi connectivity index (χ0) is 20.7. The molecule has 0 saturated carbocycles. The number of benzene rings is 2. The number of allylic oxidation sites excluding steroid dienone is 1. The number of hydrogen-bond acceptors (Lipinski definition) is 3. The Bertz CT molecular complexity index is 798. The van der Waals surface area contributed by atoms with Crippen molar-refractivity contribution in [3.63, 3.8) is 0 Å². The van der Waals surface area contributed by atoms with E-state index < -0.39 is 0 Å². The molecule has 1 amide bonds. The Hall–Kier alpha value is -2.75. The van der Waals surface area contributed by atoms with Crippen LogP contribution in [0.4, 0.5) is 5.69 Å². The number of ether oxygens (including phenoxy) is 2. The van der Waals surface area contributed by atoms with Crippen LogP contribution in [0.2, 0.25) is 0 Å². The van der Waals surface area contributed by atoms with Gasteiger partial charge in [-0.2, -0.15) is 0 Å². The zero-order valence-electron chi connectivity index (χ0n) is 17.5. The first-order chi connectivity index (χ1) is 13.4. The van der Waals surface area contributed by atoms with Gasteiger partial charge in [-0.25, -0.2) is 0 Å². The zero-order valence-corrected chi connectivity index (χ0v) is 17.5. The number of para-hydroxylation sites is 1. The maximum absolute atomic E-state index is 12.6. The summed E-state index contributed by atoms with van der Waals surface area (Å²) in [6.07, 6.45) is 2.59. The molecule has 1 N–H and O–H groups in total. The van der Waals surface area contributed by atoms with E-state index in [2.05, 4.69) is 51.7 Å². The van der Waals surface area contributed by atoms with Crippen LogP contribution < -0.4 is 14.8 Å². The summed E-state index contributed by atoms with van der Waals surface area (Å²) in [5.74, 6) is 1.59. The van der Waals surface area contributed by atoms with Gasteiger partial charge in [0.05, 0.1) is 7.11 Å². The van der Waals surface area contributed by atoms with E-state index in [1.54, 1.807) is 7.11 Å². The molecule has 0 spiro atoms. The Kier molecular flexibility index (Phi) is 7.68. The van der Waals surface area contributed by atoms with Crippen molar-refractivity contribution in [1.29, 1.82) is 0 Å². The lowest BCUT2D eigenvalue weighted by Crippen LogP contribution is -2.22. The summed E-state index contributed by atoms with van der Waals surface area (Å²) in [4.78, 5) is 12.6. The summed E-state index contributed by atoms with van der Waals surface area (Å²) in [5, 5.41) is 3.06. The van der Waals surface area contributed by atoms with Crippen LogP contribution in [-0.4, -0.2) is 19.6 Å². The molecule has 0 unspecified atom stereocenters. The number of amides is 1. The van der Waals surface area contributed by atoms with Crippen LogP contribution in [0.15, 0.2) is 49.1 Å². The Morgan fingerprint density at radius 2 is 1.71 bits per heavy atom. The van der Waals surface area contributed by atoms with E-state index in [1.165, 1.54) is 0 Å². The summed E-state index contributed by atoms with van der Waals surface area (Å²) in [7, 11) is 1.59. The molecule has 2 aromatic rings. The van der Waals surface area contributed by atoms with Crippen molar-refractivity contribution in [2.75, 3.05) is 19.0 Å². The van der Waals surface area contributed by atoms with Crippen molar-refractivity contribution in [2.24, 2.45) is 0 Å². The van der Waals surface area contributed by atoms with Gasteiger partial charge < -0.3 is 14.8 Å². The SMILES string of the molecule is C=CCc1ccc(OCC(=O)Nc2c(C(C)C)cccc2C(C)C)c(OC)c1. The van der Waals surface area contributed by atoms with Gasteiger partial charge in [0.15, 0.2) is 18.1 Å². The highest BCUT2D eigenvalue weighted by molar-refractivity contribution is 5.93. The molecule has 4 heteroatoms. The van der Waals surface area contributed by atoms with Crippen molar-refractivity contribution < 1.29 is 14.3 Å². The second-order valence-corrected chi connectivity index (χ2v) is 7.44. The van der Waals surface area contributed by atoms with Crippen LogP contribution in [0.25, 0.3) is 0 Å². The van der Waals surface area contributed by atoms with Crippen LogP contribution in [0.5, 0.6) is 11.5 Å². The standard InChI is InChI=1S/C24H31NO3/c1-7-9-18-12-13-21(22(14-18)27-6)28-15-23(26)25-24-19(16(2)3)10-8-11-20(24)17(4)5/h7-8,10-14,16-17H,1,9,15H2,2-6H3,(H,25,26). The largest absolute Gasteiger partial charge is 0.493 e. The van der Waals surface area contributed by atoms with Crippen molar-refractivity contribution in [1.82, 2.24) is 0 Å². The molecule has 0 radical (unpaired) electrons. The van der Waals surface area contributed by atoms with E-state index in [9.17, 15) is 4.79 Å². The molecule has 0 aliphatic rings. The second-order valence-electron chi connectivity index (χ2n) is 7.44. The summed E-state index contributed by atoms with van der Waals surface area (Å²) in [6, 6.07) is 11.9. The van der Waals surface area contributed by atoms with Crippen LogP contribution in [0, 0.1) is 0 Å². The van der Waals surface area contributed by atoms with Crippen molar-refractivity contribution in [3.05, 3.63) is 65.7 Å². The number of hydrogen-bond donors (Lipinski definition) is 1. The van der Waals surface area contributed by atoms with E-state index in [4.69, 9.17) is 9.47 Å². The average Bonchev–Trinajstić information content (AvgIpc) is 2.66. The van der Waals surface area contributed by atoms with Gasteiger partial charge in [-0.15, -0.1) is 6.58 Å². The molecule has 2 aromatic carbocycles. The Morgan fingerprint density at radius 3 is 2.25 bits per heavy atom. The smallest absolute Gasteiger partial charge is 0.262 e. The van der Waals surface area contributed by atoms with Gasteiger partial charge in [0, 0.05) is 5.69 Å². The lowest BCUT2D eigenvalue weighted by Gasteiger charge is -2.20. The van der Waals surface area contributed by atoms with Gasteiger partial charge in [-0.05, 0) is 47.1 Å². The van der Waals surface area contributed by atoms with E-state index in [1.807, 2.05) is 30.3 Å². The van der Waals surface area contributed by atoms with Crippen molar-refractivity contribution >= 4 is 11.6 Å². The van der Waals surface area contributed by atoms with Crippen LogP contribution in [-0.2, 0) is 11.2 Å². The molecule has 0 bridgehead atoms. The minimum absolute atomic E-state index is 0.0822. The van der Waals surface area contributed by atoms with Crippen LogP contribution in [0.1, 0.15) is 56.2 Å². The molecule has 0 heterocycles. The highest BCUT2D eigenvalue weighted by Gasteiger charge is 2.16. The summed E-state index contributed by atoms with van der Waals surface area (Å²) in [5.41, 5.74) is 4.24. The van der Waals surface area contributed by atoms with E-state index in [0.29, 0.717) is 23.3 Å². The molecule has 0 atom stereocenters. The fraction of sp³-hybridized carbons (Fsp3) is 0.375. The van der Waals surface area contributed by atoms with Crippen molar-refractivity contribution in [3.8, 4) is 11.5 Å². The van der Waals surface area contributed by atoms with Gasteiger partial charge in [0.2, 0.25) is 0 Å². The molecule has 0 aromatic heterocycles. The number of methoxy groups -OCH3 is 1. The van der Waals surface area contributed by atoms with Gasteiger partial charge in [0.1, 0.15) is 0 Å². The molecular formula is C24H31NO3. The van der Waals surface area contributed by atoms with Gasteiger partial charge >= 0.3 is 0 Å². The Balaban J connectivity index is 2.14. The van der Waals surface area contributed by atoms with Gasteiger partial charge in [-0.1, -0.05) is 58.0 Å². The summed E-state index contributed by atoms with van der Waals surface area (Å²) in [6.45, 7) is 12.2. The second kappa shape index (κ2) is 9.98. The quantitative estimate of drug-likeness (QED) is 0.568. The number of rotatable bonds is 9. The highest BCUT2D eigenvalue weighted by Crippen LogP contribution is 2.32. The molecule has 0 saturated heterocycles. The predicted molar refractivity (Wildman–Crippen MR) is 116 cm³/mol. The number of carbonyl (C=O) groups excluding carboxylic acids is 1. The lowest BCUT2D eigenvalue weighted by atomic mass is 9.92. The third-order valence-electron chi connectivity index (χ3n) is 4.60. The van der Waals surface area contributed by atoms with Gasteiger partial charge in [0.25, 0.3) is 5.91 Å². The Labute approximate surface area is 168 Å². The first kappa shape index (κ1) is 21.5. The predicted octanol–water partition coefficient (Wildman–Crippen LogP) is 5.69. The van der Waals surface area contributed by atoms with Crippen molar-refractivity contribution in [2.45, 2.75) is 46.0 Å². The fourth-order valence-corrected chi connectivity index (χ4v) is 3.14. The summed E-state index contributed by atoms with van der Waals surface area (Å²) < 4.78 is 11.1. The van der Waals surface area contributed by atoms with Gasteiger partial charge in [-0.3, -0.25) is 4.79 Å². The van der Waals surface area contributed by atoms with E-state index >= 15 is 0 Å². The first-order valence-corrected chi connectivity index (χ1v) is 9.70. The van der Waals surface area contributed by atoms with E-state index in [0.717, 1.165) is 28.8 Å². The third kappa shape index (κ3) is 5.38. The minimum Gasteiger partial charge on any atom is -0.493 e. The maximum atomic E-state index is 12.6. The highest BCUT2D eigenvalue weighted by atomic mass is 16.5. The molecule has 2 rings (SSSR count). The number of nitrogens with one attached hydrogen (secondary N) is 1. The normalized spacial score (nSPS) is 10.8. The van der Waals surface area contributed by atoms with Crippen LogP contribution in [0.3, 0.4) is 0 Å². The first-order valence-electron chi connectivity index (χ1n) is 9.70. The fourth-order valence-electron chi connectivity index (χ4n) is 3.14. The summed E-state index contributed by atoms with van der Waals surface area (Å²) >= 11 is 0. The Morgan fingerprint density at radius 1 is 1.07 bits per heavy atom. The molecular weight excluding hydrogens is 350 g/mol. The molecule has 4 nitrogen and oxygen atoms in total. The third-order valence-corrected chi connectivity index (χ3v) is 4.60. The topological polar surface area (TPSA) is 47.6 Å². The van der Waals surface area contributed by atoms with Crippen LogP contribution >= 0.6 is 0 Å². The number of carbonyl (C=O) groups is 1. The molecule has 0 aliphatic heterocycles. The average molecular weight is 382 g/mol. The lowest BCUT2D eigenvalue weighted by molar-refractivity contribution is -0.118. The monoisotopic (exact) mass is 381 g/mol. The maximum Gasteiger partial charge on any atom is 0.262 e. The number of anilines is 1. The molecule has 150 valence electrons. The minimum atomic E-state index is -0.188. The molecule has 28 heavy (non-hydrogen) atoms. The van der Waals surface area contributed by atoms with E-state index in [-0.39, 0.29) is 12.5 Å². The molecule has 0 aliphatic carbocycles.